The maximum atomic E-state index is 6.00. The average molecular weight is 235 g/mol. The van der Waals surface area contributed by atoms with Crippen LogP contribution in [0.2, 0.25) is 5.02 Å². The molecule has 0 unspecified atom stereocenters. The number of aryl methyl sites for hydroxylation is 1. The normalized spacial score (nSPS) is 14.1. The predicted octanol–water partition coefficient (Wildman–Crippen LogP) is 2.13. The van der Waals surface area contributed by atoms with Gasteiger partial charge in [-0.3, -0.25) is 0 Å². The molecule has 0 amide bonds. The Hall–Kier alpha value is -1.55. The molecule has 0 aliphatic carbocycles. The fraction of sp³-hybridized carbons (Fsp3) is 0.273. The van der Waals surface area contributed by atoms with E-state index in [9.17, 15) is 0 Å². The molecule has 82 valence electrons. The Morgan fingerprint density at radius 3 is 3.06 bits per heavy atom. The highest BCUT2D eigenvalue weighted by Gasteiger charge is 2.20. The number of halogens is 1. The number of para-hydroxylation sites is 1. The molecule has 0 saturated carbocycles. The van der Waals surface area contributed by atoms with Gasteiger partial charge in [0.05, 0.1) is 10.7 Å². The van der Waals surface area contributed by atoms with Crippen LogP contribution in [-0.4, -0.2) is 14.8 Å². The summed E-state index contributed by atoms with van der Waals surface area (Å²) in [5.74, 6) is 1.86. The zero-order chi connectivity index (χ0) is 11.1. The SMILES string of the molecule is Nc1c(Cl)cccc1-c1nnc2n1CCC2. The zero-order valence-electron chi connectivity index (χ0n) is 8.65. The van der Waals surface area contributed by atoms with Crippen LogP contribution in [0.25, 0.3) is 11.4 Å². The summed E-state index contributed by atoms with van der Waals surface area (Å²) in [6, 6.07) is 5.59. The molecule has 2 aromatic rings. The highest BCUT2D eigenvalue weighted by molar-refractivity contribution is 6.33. The molecule has 1 aliphatic rings. The van der Waals surface area contributed by atoms with Crippen LogP contribution in [0.5, 0.6) is 0 Å². The minimum Gasteiger partial charge on any atom is -0.397 e. The van der Waals surface area contributed by atoms with Gasteiger partial charge in [0.2, 0.25) is 0 Å². The van der Waals surface area contributed by atoms with Crippen molar-refractivity contribution < 1.29 is 0 Å². The molecular weight excluding hydrogens is 224 g/mol. The minimum atomic E-state index is 0.563. The molecule has 4 nitrogen and oxygen atoms in total. The maximum Gasteiger partial charge on any atom is 0.166 e. The summed E-state index contributed by atoms with van der Waals surface area (Å²) in [6.07, 6.45) is 2.12. The van der Waals surface area contributed by atoms with E-state index in [0.717, 1.165) is 36.6 Å². The van der Waals surface area contributed by atoms with Crippen molar-refractivity contribution in [1.82, 2.24) is 14.8 Å². The van der Waals surface area contributed by atoms with Crippen LogP contribution in [0.15, 0.2) is 18.2 Å². The molecule has 0 atom stereocenters. The molecule has 16 heavy (non-hydrogen) atoms. The van der Waals surface area contributed by atoms with Crippen molar-refractivity contribution >= 4 is 17.3 Å². The second kappa shape index (κ2) is 3.49. The van der Waals surface area contributed by atoms with Crippen molar-refractivity contribution in [2.75, 3.05) is 5.73 Å². The molecule has 5 heteroatoms. The Morgan fingerprint density at radius 1 is 1.31 bits per heavy atom. The highest BCUT2D eigenvalue weighted by atomic mass is 35.5. The van der Waals surface area contributed by atoms with Gasteiger partial charge < -0.3 is 10.3 Å². The lowest BCUT2D eigenvalue weighted by Gasteiger charge is -2.07. The van der Waals surface area contributed by atoms with Crippen LogP contribution in [0, 0.1) is 0 Å². The molecule has 2 N–H and O–H groups in total. The topological polar surface area (TPSA) is 56.7 Å². The number of fused-ring (bicyclic) bond motifs is 1. The molecule has 3 rings (SSSR count). The summed E-state index contributed by atoms with van der Waals surface area (Å²) in [6.45, 7) is 0.962. The highest BCUT2D eigenvalue weighted by Crippen LogP contribution is 2.31. The van der Waals surface area contributed by atoms with Gasteiger partial charge in [-0.1, -0.05) is 17.7 Å². The molecule has 1 aliphatic heterocycles. The number of aromatic nitrogens is 3. The van der Waals surface area contributed by atoms with E-state index < -0.39 is 0 Å². The third kappa shape index (κ3) is 1.30. The molecule has 1 aromatic carbocycles. The molecule has 2 heterocycles. The van der Waals surface area contributed by atoms with Gasteiger partial charge in [0.1, 0.15) is 5.82 Å². The fourth-order valence-electron chi connectivity index (χ4n) is 2.08. The van der Waals surface area contributed by atoms with Crippen molar-refractivity contribution in [2.45, 2.75) is 19.4 Å². The summed E-state index contributed by atoms with van der Waals surface area (Å²) in [5, 5.41) is 8.91. The van der Waals surface area contributed by atoms with Crippen LogP contribution >= 0.6 is 11.6 Å². The summed E-state index contributed by atoms with van der Waals surface area (Å²) in [7, 11) is 0. The smallest absolute Gasteiger partial charge is 0.166 e. The number of hydrogen-bond acceptors (Lipinski definition) is 3. The standard InChI is InChI=1S/C11H11ClN4/c12-8-4-1-3-7(10(8)13)11-15-14-9-5-2-6-16(9)11/h1,3-4H,2,5-6,13H2. The Labute approximate surface area is 98.0 Å². The number of benzene rings is 1. The van der Waals surface area contributed by atoms with Crippen LogP contribution in [0.4, 0.5) is 5.69 Å². The largest absolute Gasteiger partial charge is 0.397 e. The lowest BCUT2D eigenvalue weighted by molar-refractivity contribution is 0.749. The van der Waals surface area contributed by atoms with E-state index in [1.807, 2.05) is 12.1 Å². The first-order valence-electron chi connectivity index (χ1n) is 5.24. The van der Waals surface area contributed by atoms with E-state index in [4.69, 9.17) is 17.3 Å². The van der Waals surface area contributed by atoms with Crippen molar-refractivity contribution in [3.63, 3.8) is 0 Å². The average Bonchev–Trinajstić information content (AvgIpc) is 2.84. The van der Waals surface area contributed by atoms with Crippen LogP contribution < -0.4 is 5.73 Å². The summed E-state index contributed by atoms with van der Waals surface area (Å²) < 4.78 is 2.11. The van der Waals surface area contributed by atoms with Crippen molar-refractivity contribution in [2.24, 2.45) is 0 Å². The first-order chi connectivity index (χ1) is 7.77. The number of hydrogen-bond donors (Lipinski definition) is 1. The van der Waals surface area contributed by atoms with Gasteiger partial charge in [-0.05, 0) is 18.6 Å². The van der Waals surface area contributed by atoms with Crippen molar-refractivity contribution in [1.29, 1.82) is 0 Å². The number of nitrogens with zero attached hydrogens (tertiary/aromatic N) is 3. The lowest BCUT2D eigenvalue weighted by Crippen LogP contribution is -1.99. The Balaban J connectivity index is 2.19. The van der Waals surface area contributed by atoms with Gasteiger partial charge in [0, 0.05) is 18.5 Å². The predicted molar refractivity (Wildman–Crippen MR) is 63.2 cm³/mol. The van der Waals surface area contributed by atoms with Gasteiger partial charge in [-0.25, -0.2) is 0 Å². The zero-order valence-corrected chi connectivity index (χ0v) is 9.41. The minimum absolute atomic E-state index is 0.563. The molecular formula is C11H11ClN4. The third-order valence-corrected chi connectivity index (χ3v) is 3.23. The van der Waals surface area contributed by atoms with E-state index >= 15 is 0 Å². The van der Waals surface area contributed by atoms with E-state index in [1.54, 1.807) is 6.07 Å². The maximum absolute atomic E-state index is 6.00. The Bertz CT molecular complexity index is 547. The van der Waals surface area contributed by atoms with E-state index in [2.05, 4.69) is 14.8 Å². The quantitative estimate of drug-likeness (QED) is 0.769. The molecule has 0 bridgehead atoms. The number of nitrogens with two attached hydrogens (primary N) is 1. The van der Waals surface area contributed by atoms with Gasteiger partial charge in [-0.2, -0.15) is 0 Å². The number of rotatable bonds is 1. The molecule has 0 radical (unpaired) electrons. The van der Waals surface area contributed by atoms with E-state index in [-0.39, 0.29) is 0 Å². The van der Waals surface area contributed by atoms with Gasteiger partial charge in [-0.15, -0.1) is 10.2 Å². The number of nitrogen functional groups attached to an aromatic ring is 1. The van der Waals surface area contributed by atoms with Crippen molar-refractivity contribution in [3.05, 3.63) is 29.0 Å². The van der Waals surface area contributed by atoms with Crippen LogP contribution in [0.3, 0.4) is 0 Å². The summed E-state index contributed by atoms with van der Waals surface area (Å²) in [4.78, 5) is 0. The molecule has 1 aromatic heterocycles. The first kappa shape index (κ1) is 9.66. The lowest BCUT2D eigenvalue weighted by atomic mass is 10.1. The third-order valence-electron chi connectivity index (χ3n) is 2.90. The fourth-order valence-corrected chi connectivity index (χ4v) is 2.26. The molecule has 0 saturated heterocycles. The first-order valence-corrected chi connectivity index (χ1v) is 5.61. The molecule has 0 fully saturated rings. The van der Waals surface area contributed by atoms with E-state index in [0.29, 0.717) is 10.7 Å². The Kier molecular flexibility index (Phi) is 2.11. The van der Waals surface area contributed by atoms with Crippen molar-refractivity contribution in [3.8, 4) is 11.4 Å². The molecule has 0 spiro atoms. The monoisotopic (exact) mass is 234 g/mol. The summed E-state index contributed by atoms with van der Waals surface area (Å²) in [5.41, 5.74) is 7.40. The number of anilines is 1. The summed E-state index contributed by atoms with van der Waals surface area (Å²) >= 11 is 6.00. The van der Waals surface area contributed by atoms with Crippen LogP contribution in [0.1, 0.15) is 12.2 Å². The van der Waals surface area contributed by atoms with E-state index in [1.165, 1.54) is 0 Å². The van der Waals surface area contributed by atoms with Gasteiger partial charge in [0.25, 0.3) is 0 Å². The Morgan fingerprint density at radius 2 is 2.19 bits per heavy atom. The van der Waals surface area contributed by atoms with Crippen LogP contribution in [-0.2, 0) is 13.0 Å². The van der Waals surface area contributed by atoms with Gasteiger partial charge in [0.15, 0.2) is 5.82 Å². The van der Waals surface area contributed by atoms with Gasteiger partial charge >= 0.3 is 0 Å². The second-order valence-electron chi connectivity index (χ2n) is 3.90. The second-order valence-corrected chi connectivity index (χ2v) is 4.30.